The van der Waals surface area contributed by atoms with Gasteiger partial charge in [-0.05, 0) is 19.9 Å². The number of methoxy groups -OCH3 is 1. The number of hydrogen-bond acceptors (Lipinski definition) is 5. The number of oxazole rings is 1. The van der Waals surface area contributed by atoms with Crippen LogP contribution in [0.15, 0.2) is 34.9 Å². The molecule has 0 spiro atoms. The summed E-state index contributed by atoms with van der Waals surface area (Å²) in [7, 11) is 1.57. The van der Waals surface area contributed by atoms with Gasteiger partial charge < -0.3 is 14.5 Å². The maximum atomic E-state index is 13.9. The van der Waals surface area contributed by atoms with Gasteiger partial charge in [-0.2, -0.15) is 0 Å². The van der Waals surface area contributed by atoms with Crippen molar-refractivity contribution in [1.82, 2.24) is 15.2 Å². The Hall–Kier alpha value is -2.25. The summed E-state index contributed by atoms with van der Waals surface area (Å²) in [4.78, 5) is 18.2. The van der Waals surface area contributed by atoms with Crippen molar-refractivity contribution in [3.63, 3.8) is 0 Å². The van der Waals surface area contributed by atoms with Crippen molar-refractivity contribution < 1.29 is 18.3 Å². The van der Waals surface area contributed by atoms with E-state index in [2.05, 4.69) is 10.3 Å². The van der Waals surface area contributed by atoms with Crippen molar-refractivity contribution in [2.75, 3.05) is 20.3 Å². The second-order valence-electron chi connectivity index (χ2n) is 5.97. The van der Waals surface area contributed by atoms with Gasteiger partial charge in [-0.15, -0.1) is 0 Å². The van der Waals surface area contributed by atoms with E-state index in [9.17, 15) is 9.18 Å². The Kier molecular flexibility index (Phi) is 7.09. The number of ether oxygens (including phenoxy) is 1. The standard InChI is InChI=1S/C18H24FN3O3/c1-13(2)22(10-14-6-4-5-7-15(14)19)11-17-21-16(12-25-17)18(23)20-8-9-24-3/h4-7,12-13H,8-11H2,1-3H3,(H,20,23). The van der Waals surface area contributed by atoms with E-state index in [1.165, 1.54) is 12.3 Å². The zero-order chi connectivity index (χ0) is 18.2. The Morgan fingerprint density at radius 1 is 1.36 bits per heavy atom. The van der Waals surface area contributed by atoms with Crippen LogP contribution in [0.4, 0.5) is 4.39 Å². The van der Waals surface area contributed by atoms with Gasteiger partial charge >= 0.3 is 0 Å². The number of hydrogen-bond donors (Lipinski definition) is 1. The SMILES string of the molecule is COCCNC(=O)c1coc(CN(Cc2ccccc2F)C(C)C)n1. The molecule has 0 aliphatic heterocycles. The Balaban J connectivity index is 2.00. The number of aromatic nitrogens is 1. The zero-order valence-corrected chi connectivity index (χ0v) is 14.8. The van der Waals surface area contributed by atoms with Crippen LogP contribution in [-0.4, -0.2) is 42.1 Å². The molecule has 1 heterocycles. The van der Waals surface area contributed by atoms with E-state index >= 15 is 0 Å². The molecular weight excluding hydrogens is 325 g/mol. The molecule has 0 atom stereocenters. The largest absolute Gasteiger partial charge is 0.447 e. The van der Waals surface area contributed by atoms with Gasteiger partial charge in [0.1, 0.15) is 12.1 Å². The zero-order valence-electron chi connectivity index (χ0n) is 14.8. The molecule has 2 aromatic rings. The predicted molar refractivity (Wildman–Crippen MR) is 91.5 cm³/mol. The lowest BCUT2D eigenvalue weighted by molar-refractivity contribution is 0.0932. The molecule has 1 aromatic carbocycles. The maximum Gasteiger partial charge on any atom is 0.273 e. The summed E-state index contributed by atoms with van der Waals surface area (Å²) in [5, 5.41) is 2.69. The molecule has 136 valence electrons. The number of carbonyl (C=O) groups is 1. The number of benzene rings is 1. The Morgan fingerprint density at radius 2 is 2.12 bits per heavy atom. The van der Waals surface area contributed by atoms with Gasteiger partial charge in [0.25, 0.3) is 5.91 Å². The molecule has 0 radical (unpaired) electrons. The van der Waals surface area contributed by atoms with Gasteiger partial charge in [-0.25, -0.2) is 9.37 Å². The van der Waals surface area contributed by atoms with Crippen LogP contribution in [0.5, 0.6) is 0 Å². The van der Waals surface area contributed by atoms with Crippen molar-refractivity contribution in [2.24, 2.45) is 0 Å². The lowest BCUT2D eigenvalue weighted by atomic mass is 10.1. The molecule has 1 aromatic heterocycles. The van der Waals surface area contributed by atoms with Crippen molar-refractivity contribution in [3.8, 4) is 0 Å². The van der Waals surface area contributed by atoms with Crippen molar-refractivity contribution in [3.05, 3.63) is 53.5 Å². The molecule has 7 heteroatoms. The van der Waals surface area contributed by atoms with E-state index in [1.54, 1.807) is 19.2 Å². The lowest BCUT2D eigenvalue weighted by Crippen LogP contribution is -2.30. The molecule has 6 nitrogen and oxygen atoms in total. The van der Waals surface area contributed by atoms with Crippen molar-refractivity contribution in [1.29, 1.82) is 0 Å². The molecule has 0 saturated heterocycles. The second kappa shape index (κ2) is 9.29. The van der Waals surface area contributed by atoms with Gasteiger partial charge in [0.15, 0.2) is 5.69 Å². The van der Waals surface area contributed by atoms with E-state index in [4.69, 9.17) is 9.15 Å². The van der Waals surface area contributed by atoms with E-state index in [1.807, 2.05) is 24.8 Å². The molecule has 0 aliphatic carbocycles. The second-order valence-corrected chi connectivity index (χ2v) is 5.97. The first kappa shape index (κ1) is 19.1. The van der Waals surface area contributed by atoms with Crippen LogP contribution in [0, 0.1) is 5.82 Å². The summed E-state index contributed by atoms with van der Waals surface area (Å²) < 4.78 is 24.2. The molecular formula is C18H24FN3O3. The predicted octanol–water partition coefficient (Wildman–Crippen LogP) is 2.60. The molecule has 0 aliphatic rings. The minimum atomic E-state index is -0.308. The van der Waals surface area contributed by atoms with Crippen LogP contribution in [0.1, 0.15) is 35.8 Å². The number of amides is 1. The average molecular weight is 349 g/mol. The van der Waals surface area contributed by atoms with Gasteiger partial charge in [-0.3, -0.25) is 9.69 Å². The highest BCUT2D eigenvalue weighted by molar-refractivity contribution is 5.91. The number of rotatable bonds is 9. The molecule has 1 amide bonds. The van der Waals surface area contributed by atoms with Crippen LogP contribution < -0.4 is 5.32 Å². The van der Waals surface area contributed by atoms with Crippen LogP contribution in [0.2, 0.25) is 0 Å². The monoisotopic (exact) mass is 349 g/mol. The highest BCUT2D eigenvalue weighted by Gasteiger charge is 2.18. The third kappa shape index (κ3) is 5.65. The average Bonchev–Trinajstić information content (AvgIpc) is 3.05. The van der Waals surface area contributed by atoms with Gasteiger partial charge in [0.05, 0.1) is 13.2 Å². The molecule has 0 unspecified atom stereocenters. The Bertz CT molecular complexity index is 688. The lowest BCUT2D eigenvalue weighted by Gasteiger charge is -2.25. The minimum absolute atomic E-state index is 0.158. The number of nitrogens with zero attached hydrogens (tertiary/aromatic N) is 2. The van der Waals surface area contributed by atoms with E-state index in [0.29, 0.717) is 37.7 Å². The molecule has 0 fully saturated rings. The van der Waals surface area contributed by atoms with Gasteiger partial charge in [0, 0.05) is 31.8 Å². The first-order chi connectivity index (χ1) is 12.0. The highest BCUT2D eigenvalue weighted by Crippen LogP contribution is 2.15. The normalized spacial score (nSPS) is 11.3. The topological polar surface area (TPSA) is 67.6 Å². The van der Waals surface area contributed by atoms with Crippen molar-refractivity contribution in [2.45, 2.75) is 33.0 Å². The Morgan fingerprint density at radius 3 is 2.80 bits per heavy atom. The van der Waals surface area contributed by atoms with E-state index in [-0.39, 0.29) is 23.5 Å². The minimum Gasteiger partial charge on any atom is -0.447 e. The first-order valence-electron chi connectivity index (χ1n) is 8.20. The Labute approximate surface area is 147 Å². The highest BCUT2D eigenvalue weighted by atomic mass is 19.1. The van der Waals surface area contributed by atoms with E-state index < -0.39 is 0 Å². The van der Waals surface area contributed by atoms with E-state index in [0.717, 1.165) is 0 Å². The first-order valence-corrected chi connectivity index (χ1v) is 8.20. The summed E-state index contributed by atoms with van der Waals surface area (Å²) >= 11 is 0. The summed E-state index contributed by atoms with van der Waals surface area (Å²) in [6.07, 6.45) is 1.33. The van der Waals surface area contributed by atoms with Gasteiger partial charge in [0.2, 0.25) is 5.89 Å². The number of halogens is 1. The third-order valence-corrected chi connectivity index (χ3v) is 3.78. The smallest absolute Gasteiger partial charge is 0.273 e. The van der Waals surface area contributed by atoms with Gasteiger partial charge in [-0.1, -0.05) is 18.2 Å². The third-order valence-electron chi connectivity index (χ3n) is 3.78. The summed E-state index contributed by atoms with van der Waals surface area (Å²) in [5.41, 5.74) is 0.834. The van der Waals surface area contributed by atoms with Crippen molar-refractivity contribution >= 4 is 5.91 Å². The molecule has 0 saturated carbocycles. The maximum absolute atomic E-state index is 13.9. The molecule has 0 bridgehead atoms. The fourth-order valence-corrected chi connectivity index (χ4v) is 2.29. The molecule has 1 N–H and O–H groups in total. The summed E-state index contributed by atoms with van der Waals surface area (Å²) in [5.74, 6) is -0.127. The van der Waals surface area contributed by atoms with Crippen LogP contribution in [-0.2, 0) is 17.8 Å². The van der Waals surface area contributed by atoms with Crippen LogP contribution in [0.25, 0.3) is 0 Å². The number of carbonyl (C=O) groups excluding carboxylic acids is 1. The quantitative estimate of drug-likeness (QED) is 0.705. The summed E-state index contributed by atoms with van der Waals surface area (Å²) in [6.45, 7) is 5.69. The number of nitrogens with one attached hydrogen (secondary N) is 1. The van der Waals surface area contributed by atoms with Crippen LogP contribution >= 0.6 is 0 Å². The summed E-state index contributed by atoms with van der Waals surface area (Å²) in [6, 6.07) is 6.84. The fourth-order valence-electron chi connectivity index (χ4n) is 2.29. The molecule has 2 rings (SSSR count). The van der Waals surface area contributed by atoms with Crippen LogP contribution in [0.3, 0.4) is 0 Å². The fraction of sp³-hybridized carbons (Fsp3) is 0.444. The molecule has 25 heavy (non-hydrogen) atoms.